The maximum Gasteiger partial charge on any atom is 0.261 e. The van der Waals surface area contributed by atoms with Crippen LogP contribution in [0.5, 0.6) is 5.75 Å². The summed E-state index contributed by atoms with van der Waals surface area (Å²) in [5, 5.41) is 13.2. The summed E-state index contributed by atoms with van der Waals surface area (Å²) in [7, 11) is 1.54. The van der Waals surface area contributed by atoms with E-state index in [1.807, 2.05) is 10.6 Å². The van der Waals surface area contributed by atoms with Gasteiger partial charge in [0.2, 0.25) is 0 Å². The van der Waals surface area contributed by atoms with Crippen molar-refractivity contribution in [1.82, 2.24) is 20.0 Å². The number of methoxy groups -OCH3 is 1. The first-order valence-electron chi connectivity index (χ1n) is 9.50. The van der Waals surface area contributed by atoms with Gasteiger partial charge in [-0.05, 0) is 31.1 Å². The zero-order chi connectivity index (χ0) is 20.2. The van der Waals surface area contributed by atoms with Crippen LogP contribution in [0.15, 0.2) is 54.3 Å². The third kappa shape index (κ3) is 3.93. The molecule has 8 heteroatoms. The quantitative estimate of drug-likeness (QED) is 0.678. The molecule has 0 unspecified atom stereocenters. The second-order valence-electron chi connectivity index (χ2n) is 6.86. The Labute approximate surface area is 168 Å². The van der Waals surface area contributed by atoms with Gasteiger partial charge in [0.1, 0.15) is 11.4 Å². The van der Waals surface area contributed by atoms with Crippen molar-refractivity contribution in [3.05, 3.63) is 65.5 Å². The smallest absolute Gasteiger partial charge is 0.261 e. The molecule has 4 heterocycles. The van der Waals surface area contributed by atoms with Crippen molar-refractivity contribution >= 4 is 17.8 Å². The minimum Gasteiger partial charge on any atom is -0.496 e. The van der Waals surface area contributed by atoms with Gasteiger partial charge in [-0.3, -0.25) is 4.79 Å². The van der Waals surface area contributed by atoms with Crippen molar-refractivity contribution in [2.24, 2.45) is 0 Å². The van der Waals surface area contributed by atoms with Gasteiger partial charge in [-0.1, -0.05) is 0 Å². The number of hydrogen-bond donors (Lipinski definition) is 3. The first-order chi connectivity index (χ1) is 14.2. The molecular weight excluding hydrogens is 370 g/mol. The number of nitrogens with one attached hydrogen (secondary N) is 3. The molecule has 0 radical (unpaired) electrons. The molecule has 1 saturated heterocycles. The molecule has 0 atom stereocenters. The minimum atomic E-state index is -0.302. The van der Waals surface area contributed by atoms with Gasteiger partial charge < -0.3 is 29.9 Å². The highest BCUT2D eigenvalue weighted by atomic mass is 16.5. The molecule has 150 valence electrons. The number of amides is 1. The van der Waals surface area contributed by atoms with Crippen LogP contribution in [0.25, 0.3) is 5.65 Å². The number of hydrogen-bond acceptors (Lipinski definition) is 6. The molecule has 0 saturated carbocycles. The van der Waals surface area contributed by atoms with Crippen LogP contribution in [0.3, 0.4) is 0 Å². The van der Waals surface area contributed by atoms with Crippen LogP contribution in [-0.4, -0.2) is 41.8 Å². The van der Waals surface area contributed by atoms with Crippen LogP contribution in [-0.2, 0) is 4.74 Å². The second kappa shape index (κ2) is 8.32. The summed E-state index contributed by atoms with van der Waals surface area (Å²) in [5.41, 5.74) is 3.37. The maximum absolute atomic E-state index is 13.0. The molecule has 0 aliphatic carbocycles. The number of fused-ring (bicyclic) bond motifs is 1. The van der Waals surface area contributed by atoms with E-state index in [0.717, 1.165) is 43.6 Å². The van der Waals surface area contributed by atoms with Crippen LogP contribution < -0.4 is 15.4 Å². The van der Waals surface area contributed by atoms with Gasteiger partial charge in [0.05, 0.1) is 29.8 Å². The number of imidazole rings is 1. The molecule has 4 rings (SSSR count). The molecule has 0 spiro atoms. The average molecular weight is 393 g/mol. The lowest BCUT2D eigenvalue weighted by molar-refractivity contribution is 0.0846. The predicted molar refractivity (Wildman–Crippen MR) is 109 cm³/mol. The van der Waals surface area contributed by atoms with Crippen LogP contribution in [0.2, 0.25) is 0 Å². The Bertz CT molecular complexity index is 1030. The molecule has 8 nitrogen and oxygen atoms in total. The Morgan fingerprint density at radius 3 is 3.00 bits per heavy atom. The van der Waals surface area contributed by atoms with Gasteiger partial charge in [-0.2, -0.15) is 0 Å². The van der Waals surface area contributed by atoms with Crippen LogP contribution in [0.1, 0.15) is 34.8 Å². The largest absolute Gasteiger partial charge is 0.496 e. The first-order valence-corrected chi connectivity index (χ1v) is 9.50. The molecule has 2 aliphatic rings. The van der Waals surface area contributed by atoms with Crippen molar-refractivity contribution in [2.75, 3.05) is 20.3 Å². The molecule has 2 aliphatic heterocycles. The van der Waals surface area contributed by atoms with E-state index in [1.165, 1.54) is 7.11 Å². The Morgan fingerprint density at radius 1 is 1.41 bits per heavy atom. The van der Waals surface area contributed by atoms with E-state index in [1.54, 1.807) is 36.7 Å². The first kappa shape index (κ1) is 18.9. The zero-order valence-corrected chi connectivity index (χ0v) is 16.1. The van der Waals surface area contributed by atoms with Crippen molar-refractivity contribution in [1.29, 1.82) is 5.41 Å². The van der Waals surface area contributed by atoms with E-state index in [-0.39, 0.29) is 5.91 Å². The van der Waals surface area contributed by atoms with E-state index in [4.69, 9.17) is 19.9 Å². The third-order valence-electron chi connectivity index (χ3n) is 5.06. The van der Waals surface area contributed by atoms with Gasteiger partial charge in [0.25, 0.3) is 5.91 Å². The lowest BCUT2D eigenvalue weighted by Crippen LogP contribution is -2.28. The van der Waals surface area contributed by atoms with Crippen LogP contribution in [0.4, 0.5) is 0 Å². The SMILES string of the molecule is COc1cc2nc(C3CCOCC3)cn2cc1C(=O)NC1=CC=CN/C1=C\C=N. The zero-order valence-electron chi connectivity index (χ0n) is 16.1. The standard InChI is InChI=1S/C21H23N5O3/c1-28-19-11-20-24-18(14-5-9-29-10-6-14)13-26(20)12-15(19)21(27)25-17-3-2-8-23-16(17)4-7-22/h2-4,7-8,11-14,22-23H,5-6,9-10H2,1H3,(H,25,27)/b16-4-,22-7?. The lowest BCUT2D eigenvalue weighted by atomic mass is 9.97. The highest BCUT2D eigenvalue weighted by Crippen LogP contribution is 2.28. The average Bonchev–Trinajstić information content (AvgIpc) is 3.18. The van der Waals surface area contributed by atoms with Crippen molar-refractivity contribution in [3.63, 3.8) is 0 Å². The van der Waals surface area contributed by atoms with Crippen molar-refractivity contribution < 1.29 is 14.3 Å². The molecule has 2 aromatic rings. The van der Waals surface area contributed by atoms with Gasteiger partial charge in [0, 0.05) is 50.0 Å². The lowest BCUT2D eigenvalue weighted by Gasteiger charge is -2.19. The van der Waals surface area contributed by atoms with Crippen LogP contribution >= 0.6 is 0 Å². The Morgan fingerprint density at radius 2 is 2.24 bits per heavy atom. The monoisotopic (exact) mass is 393 g/mol. The number of dihydropyridines is 1. The molecule has 2 aromatic heterocycles. The molecular formula is C21H23N5O3. The van der Waals surface area contributed by atoms with Gasteiger partial charge in [-0.25, -0.2) is 4.98 Å². The van der Waals surface area contributed by atoms with Gasteiger partial charge in [-0.15, -0.1) is 0 Å². The van der Waals surface area contributed by atoms with Gasteiger partial charge >= 0.3 is 0 Å². The van der Waals surface area contributed by atoms with Crippen LogP contribution in [0, 0.1) is 5.41 Å². The molecule has 0 bridgehead atoms. The van der Waals surface area contributed by atoms with Gasteiger partial charge in [0.15, 0.2) is 0 Å². The van der Waals surface area contributed by atoms with E-state index in [0.29, 0.717) is 28.6 Å². The summed E-state index contributed by atoms with van der Waals surface area (Å²) in [4.78, 5) is 17.7. The number of carbonyl (C=O) groups is 1. The summed E-state index contributed by atoms with van der Waals surface area (Å²) in [5.74, 6) is 0.520. The number of rotatable bonds is 5. The van der Waals surface area contributed by atoms with E-state index < -0.39 is 0 Å². The fraction of sp³-hybridized carbons (Fsp3) is 0.286. The second-order valence-corrected chi connectivity index (χ2v) is 6.86. The molecule has 1 fully saturated rings. The fourth-order valence-electron chi connectivity index (χ4n) is 3.53. The number of nitrogens with zero attached hydrogens (tertiary/aromatic N) is 2. The summed E-state index contributed by atoms with van der Waals surface area (Å²) < 4.78 is 12.8. The molecule has 0 aromatic carbocycles. The Kier molecular flexibility index (Phi) is 5.44. The number of aromatic nitrogens is 2. The minimum absolute atomic E-state index is 0.302. The number of ether oxygens (including phenoxy) is 2. The predicted octanol–water partition coefficient (Wildman–Crippen LogP) is 2.50. The van der Waals surface area contributed by atoms with Crippen molar-refractivity contribution in [2.45, 2.75) is 18.8 Å². The normalized spacial score (nSPS) is 18.4. The Balaban J connectivity index is 1.64. The summed E-state index contributed by atoms with van der Waals surface area (Å²) in [6.45, 7) is 1.50. The van der Waals surface area contributed by atoms with E-state index in [9.17, 15) is 4.79 Å². The van der Waals surface area contributed by atoms with E-state index >= 15 is 0 Å². The summed E-state index contributed by atoms with van der Waals surface area (Å²) in [6.07, 6.45) is 13.7. The number of allylic oxidation sites excluding steroid dienone is 3. The number of pyridine rings is 1. The highest BCUT2D eigenvalue weighted by molar-refractivity contribution is 5.98. The highest BCUT2D eigenvalue weighted by Gasteiger charge is 2.21. The molecule has 29 heavy (non-hydrogen) atoms. The van der Waals surface area contributed by atoms with Crippen molar-refractivity contribution in [3.8, 4) is 5.75 Å². The molecule has 3 N–H and O–H groups in total. The maximum atomic E-state index is 13.0. The number of carbonyl (C=O) groups excluding carboxylic acids is 1. The van der Waals surface area contributed by atoms with E-state index in [2.05, 4.69) is 10.6 Å². The topological polar surface area (TPSA) is 101 Å². The molecule has 1 amide bonds. The fourth-order valence-corrected chi connectivity index (χ4v) is 3.53. The summed E-state index contributed by atoms with van der Waals surface area (Å²) >= 11 is 0. The summed E-state index contributed by atoms with van der Waals surface area (Å²) in [6, 6.07) is 1.78. The Hall–Kier alpha value is -3.39. The third-order valence-corrected chi connectivity index (χ3v) is 5.06.